The Morgan fingerprint density at radius 1 is 0.560 bits per heavy atom. The molecule has 0 aliphatic carbocycles. The van der Waals surface area contributed by atoms with Gasteiger partial charge in [-0.05, 0) is 110 Å². The molecule has 2 saturated heterocycles. The summed E-state index contributed by atoms with van der Waals surface area (Å²) in [4.78, 5) is 83.3. The second kappa shape index (κ2) is 25.5. The van der Waals surface area contributed by atoms with E-state index in [9.17, 15) is 55.1 Å². The predicted molar refractivity (Wildman–Crippen MR) is 269 cm³/mol. The number of carbonyl (C=O) groups excluding carboxylic acids is 6. The number of likely N-dealkylation sites (tertiary alicyclic amines) is 2. The molecule has 17 nitrogen and oxygen atoms in total. The van der Waals surface area contributed by atoms with E-state index in [-0.39, 0.29) is 73.6 Å². The fourth-order valence-electron chi connectivity index (χ4n) is 8.78. The molecule has 14 N–H and O–H groups in total. The van der Waals surface area contributed by atoms with Gasteiger partial charge in [0.2, 0.25) is 35.4 Å². The first kappa shape index (κ1) is 57.4. The van der Waals surface area contributed by atoms with Gasteiger partial charge in [-0.2, -0.15) is 26.3 Å². The van der Waals surface area contributed by atoms with E-state index in [1.165, 1.54) is 29.2 Å². The van der Waals surface area contributed by atoms with Gasteiger partial charge in [-0.3, -0.25) is 28.8 Å². The number of hydrogen-bond acceptors (Lipinski definition) is 11. The summed E-state index contributed by atoms with van der Waals surface area (Å²) < 4.78 is 83.9. The number of aryl methyl sites for hydroxylation is 2. The lowest BCUT2D eigenvalue weighted by Crippen LogP contribution is -2.52. The minimum atomic E-state index is -4.87. The molecule has 6 unspecified atom stereocenters. The number of piperidine rings is 1. The molecule has 2 fully saturated rings. The zero-order valence-corrected chi connectivity index (χ0v) is 41.0. The molecule has 23 heteroatoms. The number of nitrogens with one attached hydrogen (secondary N) is 4. The molecule has 0 saturated carbocycles. The van der Waals surface area contributed by atoms with Crippen LogP contribution in [0.3, 0.4) is 0 Å². The molecule has 0 aromatic heterocycles. The Labute approximate surface area is 429 Å². The first-order chi connectivity index (χ1) is 35.5. The molecule has 6 atom stereocenters. The van der Waals surface area contributed by atoms with Gasteiger partial charge in [0.05, 0.1) is 36.1 Å². The molecule has 6 rings (SSSR count). The monoisotopic (exact) mass is 1050 g/mol. The summed E-state index contributed by atoms with van der Waals surface area (Å²) in [6.45, 7) is 1.73. The molecule has 0 radical (unpaired) electrons. The van der Waals surface area contributed by atoms with Crippen molar-refractivity contribution in [1.82, 2.24) is 20.4 Å². The highest BCUT2D eigenvalue weighted by atomic mass is 19.4. The summed E-state index contributed by atoms with van der Waals surface area (Å²) in [5, 5.41) is 10.0. The van der Waals surface area contributed by atoms with Crippen molar-refractivity contribution >= 4 is 46.8 Å². The number of halogens is 6. The SMILES string of the molecule is NCC1CCN(C(=O)CC(N)C(=O)NC(CCc2ccccc2)C(=O)Nc2cc(-c3ccc(CCC(NC(=O)C(N)CC(=O)N4CC(N)C(N)C4)C(=O)Nc4cccc(C(F)(F)F)c4)cc3)cc(C(F)(F)F)c2)CC1. The van der Waals surface area contributed by atoms with Gasteiger partial charge in [0, 0.05) is 49.6 Å². The maximum Gasteiger partial charge on any atom is 0.416 e. The van der Waals surface area contributed by atoms with E-state index >= 15 is 0 Å². The van der Waals surface area contributed by atoms with Crippen LogP contribution in [0.5, 0.6) is 0 Å². The molecule has 6 amide bonds. The lowest BCUT2D eigenvalue weighted by Gasteiger charge is -2.32. The minimum absolute atomic E-state index is 0.0238. The Hall–Kier alpha value is -6.92. The molecular weight excluding hydrogens is 989 g/mol. The van der Waals surface area contributed by atoms with Crippen LogP contribution in [0.2, 0.25) is 0 Å². The first-order valence-electron chi connectivity index (χ1n) is 24.5. The van der Waals surface area contributed by atoms with E-state index in [4.69, 9.17) is 28.7 Å². The number of hydrogen-bond donors (Lipinski definition) is 9. The number of nitrogens with two attached hydrogens (primary N) is 5. The Kier molecular flexibility index (Phi) is 19.5. The van der Waals surface area contributed by atoms with Crippen LogP contribution in [0.25, 0.3) is 11.1 Å². The van der Waals surface area contributed by atoms with Gasteiger partial charge in [0.15, 0.2) is 0 Å². The predicted octanol–water partition coefficient (Wildman–Crippen LogP) is 3.63. The second-order valence-electron chi connectivity index (χ2n) is 19.0. The Morgan fingerprint density at radius 3 is 1.57 bits per heavy atom. The van der Waals surface area contributed by atoms with E-state index in [0.29, 0.717) is 44.0 Å². The van der Waals surface area contributed by atoms with Crippen molar-refractivity contribution < 1.29 is 55.1 Å². The quantitative estimate of drug-likeness (QED) is 0.0577. The molecule has 2 heterocycles. The van der Waals surface area contributed by atoms with Gasteiger partial charge in [0.1, 0.15) is 12.1 Å². The van der Waals surface area contributed by atoms with Gasteiger partial charge < -0.3 is 59.7 Å². The van der Waals surface area contributed by atoms with E-state index in [1.54, 1.807) is 35.2 Å². The van der Waals surface area contributed by atoms with Crippen LogP contribution in [0.4, 0.5) is 37.7 Å². The minimum Gasteiger partial charge on any atom is -0.343 e. The molecule has 4 aromatic rings. The van der Waals surface area contributed by atoms with E-state index in [2.05, 4.69) is 21.3 Å². The normalized spacial score (nSPS) is 17.9. The summed E-state index contributed by atoms with van der Waals surface area (Å²) in [6, 6.07) is 15.5. The molecule has 404 valence electrons. The molecule has 2 aliphatic heterocycles. The van der Waals surface area contributed by atoms with Crippen molar-refractivity contribution in [3.05, 3.63) is 119 Å². The van der Waals surface area contributed by atoms with Crippen molar-refractivity contribution in [2.24, 2.45) is 34.6 Å². The number of carbonyl (C=O) groups is 6. The molecule has 4 aromatic carbocycles. The Morgan fingerprint density at radius 2 is 1.05 bits per heavy atom. The van der Waals surface area contributed by atoms with Crippen molar-refractivity contribution in [3.8, 4) is 11.1 Å². The number of alkyl halides is 6. The molecule has 0 bridgehead atoms. The highest BCUT2D eigenvalue weighted by molar-refractivity contribution is 6.00. The molecule has 0 spiro atoms. The topological polar surface area (TPSA) is 287 Å². The lowest BCUT2D eigenvalue weighted by atomic mass is 9.96. The van der Waals surface area contributed by atoms with Crippen LogP contribution < -0.4 is 49.9 Å². The van der Waals surface area contributed by atoms with E-state index in [0.717, 1.165) is 35.9 Å². The summed E-state index contributed by atoms with van der Waals surface area (Å²) in [7, 11) is 0. The van der Waals surface area contributed by atoms with Crippen molar-refractivity contribution in [2.75, 3.05) is 43.4 Å². The number of anilines is 2. The zero-order valence-electron chi connectivity index (χ0n) is 41.0. The lowest BCUT2D eigenvalue weighted by molar-refractivity contribution is -0.138. The summed E-state index contributed by atoms with van der Waals surface area (Å²) in [6.07, 6.45) is -8.74. The number of rotatable bonds is 20. The average Bonchev–Trinajstić information content (AvgIpc) is 3.72. The van der Waals surface area contributed by atoms with Crippen LogP contribution >= 0.6 is 0 Å². The van der Waals surface area contributed by atoms with Gasteiger partial charge in [0.25, 0.3) is 0 Å². The largest absolute Gasteiger partial charge is 0.416 e. The van der Waals surface area contributed by atoms with Gasteiger partial charge in [-0.25, -0.2) is 0 Å². The second-order valence-corrected chi connectivity index (χ2v) is 19.0. The zero-order chi connectivity index (χ0) is 54.6. The van der Waals surface area contributed by atoms with Gasteiger partial charge >= 0.3 is 12.4 Å². The highest BCUT2D eigenvalue weighted by Gasteiger charge is 2.35. The Balaban J connectivity index is 1.16. The standard InChI is InChI=1S/C52H63F6N11O6/c53-51(54,55)35-7-4-8-37(23-35)64-49(74)43(66-48(73)40(61)26-46(71)69-28-41(62)42(63)29-69)16-12-31-9-13-33(14-10-31)34-21-36(52(56,57)58)24-38(22-34)65-50(75)44(15-11-30-5-2-1-3-6-30)67-47(72)39(60)25-45(70)68-19-17-32(27-59)18-20-68/h1-10,13-14,21-24,32,39-44H,11-12,15-20,25-29,59-63H2,(H,64,74)(H,65,75)(H,66,73)(H,67,72). The average molecular weight is 1050 g/mol. The van der Waals surface area contributed by atoms with Crippen LogP contribution in [0.1, 0.15) is 60.8 Å². The number of amides is 6. The van der Waals surface area contributed by atoms with E-state index < -0.39 is 95.7 Å². The summed E-state index contributed by atoms with van der Waals surface area (Å²) >= 11 is 0. The summed E-state index contributed by atoms with van der Waals surface area (Å²) in [5.41, 5.74) is 29.0. The highest BCUT2D eigenvalue weighted by Crippen LogP contribution is 2.36. The number of nitrogens with zero attached hydrogens (tertiary/aromatic N) is 2. The van der Waals surface area contributed by atoms with E-state index in [1.807, 2.05) is 12.1 Å². The van der Waals surface area contributed by atoms with Crippen LogP contribution in [0, 0.1) is 5.92 Å². The maximum absolute atomic E-state index is 14.5. The third kappa shape index (κ3) is 16.5. The van der Waals surface area contributed by atoms with Crippen LogP contribution in [-0.2, 0) is 54.0 Å². The fraction of sp³-hybridized carbons (Fsp3) is 0.423. The fourth-order valence-corrected chi connectivity index (χ4v) is 8.78. The van der Waals surface area contributed by atoms with Gasteiger partial charge in [-0.15, -0.1) is 0 Å². The first-order valence-corrected chi connectivity index (χ1v) is 24.5. The van der Waals surface area contributed by atoms with Crippen LogP contribution in [-0.4, -0.2) is 114 Å². The summed E-state index contributed by atoms with van der Waals surface area (Å²) in [5.74, 6) is -3.99. The van der Waals surface area contributed by atoms with Gasteiger partial charge in [-0.1, -0.05) is 60.7 Å². The molecule has 2 aliphatic rings. The Bertz CT molecular complexity index is 2620. The van der Waals surface area contributed by atoms with Crippen molar-refractivity contribution in [1.29, 1.82) is 0 Å². The molecule has 75 heavy (non-hydrogen) atoms. The van der Waals surface area contributed by atoms with Crippen molar-refractivity contribution in [2.45, 2.75) is 100.0 Å². The maximum atomic E-state index is 14.5. The smallest absolute Gasteiger partial charge is 0.343 e. The number of benzene rings is 4. The molecular formula is C52H63F6N11O6. The van der Waals surface area contributed by atoms with Crippen LogP contribution in [0.15, 0.2) is 97.1 Å². The third-order valence-electron chi connectivity index (χ3n) is 13.4. The van der Waals surface area contributed by atoms with Crippen molar-refractivity contribution in [3.63, 3.8) is 0 Å². The third-order valence-corrected chi connectivity index (χ3v) is 13.4.